The fourth-order valence-corrected chi connectivity index (χ4v) is 4.40. The van der Waals surface area contributed by atoms with Crippen LogP contribution in [0.25, 0.3) is 0 Å². The molecule has 0 aliphatic heterocycles. The Morgan fingerprint density at radius 3 is 2.71 bits per heavy atom. The second-order valence-electron chi connectivity index (χ2n) is 4.53. The van der Waals surface area contributed by atoms with Crippen LogP contribution in [-0.2, 0) is 16.6 Å². The first-order valence-electron chi connectivity index (χ1n) is 6.44. The smallest absolute Gasteiger partial charge is 0.240 e. The van der Waals surface area contributed by atoms with Gasteiger partial charge in [-0.3, -0.25) is 0 Å². The molecule has 0 saturated heterocycles. The second kappa shape index (κ2) is 7.02. The van der Waals surface area contributed by atoms with Crippen molar-refractivity contribution in [1.82, 2.24) is 4.72 Å². The van der Waals surface area contributed by atoms with Crippen molar-refractivity contribution in [1.29, 1.82) is 0 Å². The van der Waals surface area contributed by atoms with E-state index in [-0.39, 0.29) is 11.4 Å². The Kier molecular flexibility index (Phi) is 5.56. The molecule has 2 N–H and O–H groups in total. The summed E-state index contributed by atoms with van der Waals surface area (Å²) in [6.45, 7) is 2.10. The molecule has 0 aliphatic carbocycles. The topological polar surface area (TPSA) is 66.4 Å². The van der Waals surface area contributed by atoms with Crippen molar-refractivity contribution in [2.75, 3.05) is 0 Å². The van der Waals surface area contributed by atoms with E-state index in [1.54, 1.807) is 12.1 Å². The summed E-state index contributed by atoms with van der Waals surface area (Å²) in [6.07, 6.45) is -0.103. The normalized spacial score (nSPS) is 13.3. The van der Waals surface area contributed by atoms with Crippen LogP contribution >= 0.6 is 27.3 Å². The average molecular weight is 390 g/mol. The number of sulfonamides is 1. The van der Waals surface area contributed by atoms with Crippen LogP contribution < -0.4 is 4.72 Å². The van der Waals surface area contributed by atoms with Gasteiger partial charge in [-0.05, 0) is 52.2 Å². The van der Waals surface area contributed by atoms with E-state index in [0.717, 1.165) is 8.66 Å². The lowest BCUT2D eigenvalue weighted by molar-refractivity contribution is 0.173. The van der Waals surface area contributed by atoms with Gasteiger partial charge in [0.2, 0.25) is 10.0 Å². The van der Waals surface area contributed by atoms with Gasteiger partial charge >= 0.3 is 0 Å². The molecule has 0 amide bonds. The monoisotopic (exact) mass is 389 g/mol. The summed E-state index contributed by atoms with van der Waals surface area (Å²) in [5, 5.41) is 9.81. The van der Waals surface area contributed by atoms with Crippen LogP contribution in [0.4, 0.5) is 0 Å². The number of hydrogen-bond acceptors (Lipinski definition) is 4. The standard InChI is InChI=1S/C14H16BrNO3S2/c1-2-13(17)10-4-3-5-12(8-10)21(18,19)16-9-11-6-7-14(15)20-11/h3-8,13,16-17H,2,9H2,1H3. The summed E-state index contributed by atoms with van der Waals surface area (Å²) in [4.78, 5) is 1.10. The maximum atomic E-state index is 12.3. The predicted octanol–water partition coefficient (Wildman–Crippen LogP) is 3.43. The molecule has 1 aromatic heterocycles. The van der Waals surface area contributed by atoms with Crippen molar-refractivity contribution < 1.29 is 13.5 Å². The predicted molar refractivity (Wildman–Crippen MR) is 87.7 cm³/mol. The highest BCUT2D eigenvalue weighted by Crippen LogP contribution is 2.23. The summed E-state index contributed by atoms with van der Waals surface area (Å²) < 4.78 is 28.1. The minimum Gasteiger partial charge on any atom is -0.388 e. The van der Waals surface area contributed by atoms with Crippen molar-refractivity contribution in [3.05, 3.63) is 50.6 Å². The van der Waals surface area contributed by atoms with Crippen LogP contribution in [0.5, 0.6) is 0 Å². The quantitative estimate of drug-likeness (QED) is 0.794. The fraction of sp³-hybridized carbons (Fsp3) is 0.286. The first-order valence-corrected chi connectivity index (χ1v) is 9.53. The van der Waals surface area contributed by atoms with Gasteiger partial charge in [-0.25, -0.2) is 13.1 Å². The van der Waals surface area contributed by atoms with Crippen molar-refractivity contribution in [3.8, 4) is 0 Å². The van der Waals surface area contributed by atoms with E-state index < -0.39 is 16.1 Å². The van der Waals surface area contributed by atoms with Crippen LogP contribution in [0.3, 0.4) is 0 Å². The molecular formula is C14H16BrNO3S2. The largest absolute Gasteiger partial charge is 0.388 e. The summed E-state index contributed by atoms with van der Waals surface area (Å²) in [6, 6.07) is 10.2. The number of aliphatic hydroxyl groups is 1. The zero-order valence-electron chi connectivity index (χ0n) is 11.4. The molecule has 0 saturated carbocycles. The molecule has 7 heteroatoms. The van der Waals surface area contributed by atoms with Crippen molar-refractivity contribution in [2.45, 2.75) is 30.9 Å². The number of nitrogens with one attached hydrogen (secondary N) is 1. The van der Waals surface area contributed by atoms with Gasteiger partial charge in [0.1, 0.15) is 0 Å². The molecule has 0 aliphatic rings. The molecule has 0 fully saturated rings. The lowest BCUT2D eigenvalue weighted by atomic mass is 10.1. The van der Waals surface area contributed by atoms with E-state index >= 15 is 0 Å². The van der Waals surface area contributed by atoms with E-state index in [0.29, 0.717) is 12.0 Å². The van der Waals surface area contributed by atoms with Gasteiger partial charge < -0.3 is 5.11 Å². The zero-order valence-corrected chi connectivity index (χ0v) is 14.6. The Morgan fingerprint density at radius 2 is 2.10 bits per heavy atom. The minimum atomic E-state index is -3.58. The molecule has 1 atom stereocenters. The van der Waals surface area contributed by atoms with E-state index in [2.05, 4.69) is 20.7 Å². The van der Waals surface area contributed by atoms with Gasteiger partial charge in [0.05, 0.1) is 14.8 Å². The molecule has 1 heterocycles. The van der Waals surface area contributed by atoms with Gasteiger partial charge in [-0.1, -0.05) is 19.1 Å². The third kappa shape index (κ3) is 4.37. The number of aliphatic hydroxyl groups excluding tert-OH is 1. The van der Waals surface area contributed by atoms with Gasteiger partial charge in [0, 0.05) is 11.4 Å². The van der Waals surface area contributed by atoms with Crippen LogP contribution in [-0.4, -0.2) is 13.5 Å². The number of halogens is 1. The molecule has 21 heavy (non-hydrogen) atoms. The maximum absolute atomic E-state index is 12.3. The number of hydrogen-bond donors (Lipinski definition) is 2. The van der Waals surface area contributed by atoms with Gasteiger partial charge in [-0.15, -0.1) is 11.3 Å². The van der Waals surface area contributed by atoms with Gasteiger partial charge in [0.15, 0.2) is 0 Å². The molecule has 2 aromatic rings. The number of rotatable bonds is 6. The first-order chi connectivity index (χ1) is 9.92. The second-order valence-corrected chi connectivity index (χ2v) is 8.84. The average Bonchev–Trinajstić information content (AvgIpc) is 2.90. The Bertz CT molecular complexity index is 713. The van der Waals surface area contributed by atoms with Crippen LogP contribution in [0.2, 0.25) is 0 Å². The van der Waals surface area contributed by atoms with Crippen molar-refractivity contribution in [2.24, 2.45) is 0 Å². The lowest BCUT2D eigenvalue weighted by Gasteiger charge is -2.11. The molecular weight excluding hydrogens is 374 g/mol. The Balaban J connectivity index is 2.15. The molecule has 114 valence electrons. The summed E-state index contributed by atoms with van der Waals surface area (Å²) >= 11 is 4.83. The third-order valence-electron chi connectivity index (χ3n) is 3.01. The third-order valence-corrected chi connectivity index (χ3v) is 6.03. The zero-order chi connectivity index (χ0) is 15.5. The van der Waals surface area contributed by atoms with Crippen LogP contribution in [0.1, 0.15) is 29.9 Å². The van der Waals surface area contributed by atoms with E-state index in [9.17, 15) is 13.5 Å². The van der Waals surface area contributed by atoms with Gasteiger partial charge in [0.25, 0.3) is 0 Å². The Labute approximate surface area is 137 Å². The highest BCUT2D eigenvalue weighted by molar-refractivity contribution is 9.11. The summed E-state index contributed by atoms with van der Waals surface area (Å²) in [7, 11) is -3.58. The maximum Gasteiger partial charge on any atom is 0.240 e. The molecule has 0 spiro atoms. The van der Waals surface area contributed by atoms with E-state index in [1.807, 2.05) is 19.1 Å². The van der Waals surface area contributed by atoms with E-state index in [4.69, 9.17) is 0 Å². The Morgan fingerprint density at radius 1 is 1.33 bits per heavy atom. The minimum absolute atomic E-state index is 0.170. The SMILES string of the molecule is CCC(O)c1cccc(S(=O)(=O)NCc2ccc(Br)s2)c1. The fourth-order valence-electron chi connectivity index (χ4n) is 1.82. The van der Waals surface area contributed by atoms with Crippen molar-refractivity contribution in [3.63, 3.8) is 0 Å². The lowest BCUT2D eigenvalue weighted by Crippen LogP contribution is -2.23. The highest BCUT2D eigenvalue weighted by Gasteiger charge is 2.16. The molecule has 0 bridgehead atoms. The molecule has 2 rings (SSSR count). The summed E-state index contributed by atoms with van der Waals surface area (Å²) in [5.41, 5.74) is 0.610. The number of benzene rings is 1. The van der Waals surface area contributed by atoms with E-state index in [1.165, 1.54) is 23.5 Å². The molecule has 1 aromatic carbocycles. The first kappa shape index (κ1) is 16.6. The highest BCUT2D eigenvalue weighted by atomic mass is 79.9. The molecule has 0 radical (unpaired) electrons. The van der Waals surface area contributed by atoms with Crippen LogP contribution in [0.15, 0.2) is 45.1 Å². The summed E-state index contributed by atoms with van der Waals surface area (Å²) in [5.74, 6) is 0. The Hall–Kier alpha value is -0.730. The van der Waals surface area contributed by atoms with Crippen molar-refractivity contribution >= 4 is 37.3 Å². The van der Waals surface area contributed by atoms with Gasteiger partial charge in [-0.2, -0.15) is 0 Å². The molecule has 1 unspecified atom stereocenters. The number of thiophene rings is 1. The molecule has 4 nitrogen and oxygen atoms in total. The van der Waals surface area contributed by atoms with Crippen LogP contribution in [0, 0.1) is 0 Å².